The predicted molar refractivity (Wildman–Crippen MR) is 85.6 cm³/mol. The zero-order chi connectivity index (χ0) is 14.7. The van der Waals surface area contributed by atoms with Crippen molar-refractivity contribution in [2.45, 2.75) is 70.9 Å². The summed E-state index contributed by atoms with van der Waals surface area (Å²) in [6, 6.07) is 4.69. The molecule has 2 aliphatic carbocycles. The van der Waals surface area contributed by atoms with E-state index in [-0.39, 0.29) is 0 Å². The minimum Gasteiger partial charge on any atom is -0.488 e. The highest BCUT2D eigenvalue weighted by Gasteiger charge is 2.56. The van der Waals surface area contributed by atoms with Gasteiger partial charge in [-0.05, 0) is 44.9 Å². The molecule has 2 fully saturated rings. The number of hydrogen-bond donors (Lipinski definition) is 1. The lowest BCUT2D eigenvalue weighted by Gasteiger charge is -2.57. The molecule has 116 valence electrons. The Balaban J connectivity index is 1.72. The minimum absolute atomic E-state index is 0.370. The lowest BCUT2D eigenvalue weighted by molar-refractivity contribution is -0.103. The summed E-state index contributed by atoms with van der Waals surface area (Å²) in [5.74, 6) is 0.974. The van der Waals surface area contributed by atoms with Gasteiger partial charge in [0.25, 0.3) is 0 Å². The van der Waals surface area contributed by atoms with Crippen LogP contribution in [0.1, 0.15) is 57.6 Å². The van der Waals surface area contributed by atoms with Gasteiger partial charge in [-0.15, -0.1) is 0 Å². The Labute approximate surface area is 128 Å². The summed E-state index contributed by atoms with van der Waals surface area (Å²) < 4.78 is 6.38. The van der Waals surface area contributed by atoms with Crippen LogP contribution in [0.4, 0.5) is 0 Å². The topological polar surface area (TPSA) is 34.1 Å². The molecule has 0 saturated heterocycles. The van der Waals surface area contributed by atoms with Crippen molar-refractivity contribution >= 4 is 0 Å². The molecule has 3 rings (SSSR count). The van der Waals surface area contributed by atoms with Crippen LogP contribution in [0.5, 0.6) is 5.75 Å². The third-order valence-corrected chi connectivity index (χ3v) is 5.44. The smallest absolute Gasteiger partial charge is 0.140 e. The molecule has 0 radical (unpaired) electrons. The summed E-state index contributed by atoms with van der Waals surface area (Å²) in [5.41, 5.74) is 1.38. The second-order valence-corrected chi connectivity index (χ2v) is 6.73. The van der Waals surface area contributed by atoms with E-state index in [2.05, 4.69) is 23.3 Å². The zero-order valence-corrected chi connectivity index (χ0v) is 13.4. The van der Waals surface area contributed by atoms with Crippen LogP contribution >= 0.6 is 0 Å². The summed E-state index contributed by atoms with van der Waals surface area (Å²) in [6.07, 6.45) is 11.3. The van der Waals surface area contributed by atoms with E-state index in [4.69, 9.17) is 4.74 Å². The van der Waals surface area contributed by atoms with Gasteiger partial charge in [-0.2, -0.15) is 0 Å². The summed E-state index contributed by atoms with van der Waals surface area (Å²) in [5, 5.41) is 3.76. The van der Waals surface area contributed by atoms with Crippen LogP contribution in [-0.2, 0) is 0 Å². The Morgan fingerprint density at radius 3 is 2.86 bits per heavy atom. The molecule has 1 N–H and O–H groups in total. The zero-order valence-electron chi connectivity index (χ0n) is 13.4. The third kappa shape index (κ3) is 2.80. The van der Waals surface area contributed by atoms with Crippen molar-refractivity contribution in [3.8, 4) is 5.75 Å². The highest BCUT2D eigenvalue weighted by Crippen LogP contribution is 2.53. The monoisotopic (exact) mass is 288 g/mol. The molecule has 21 heavy (non-hydrogen) atoms. The van der Waals surface area contributed by atoms with Crippen molar-refractivity contribution in [3.63, 3.8) is 0 Å². The lowest BCUT2D eigenvalue weighted by atomic mass is 9.55. The normalized spacial score (nSPS) is 27.3. The molecule has 3 nitrogen and oxygen atoms in total. The Morgan fingerprint density at radius 2 is 2.14 bits per heavy atom. The van der Waals surface area contributed by atoms with Crippen molar-refractivity contribution in [1.82, 2.24) is 10.3 Å². The van der Waals surface area contributed by atoms with Gasteiger partial charge in [0.2, 0.25) is 0 Å². The fourth-order valence-electron chi connectivity index (χ4n) is 4.15. The fraction of sp³-hybridized carbons (Fsp3) is 0.722. The summed E-state index contributed by atoms with van der Waals surface area (Å²) in [7, 11) is 0. The standard InChI is InChI=1S/C18H28N2O/c1-3-11-20-16-13-17(18(16)9-5-4-6-10-18)21-15-8-7-12-19-14(15)2/h7-8,12,16-17,20H,3-6,9-11,13H2,1-2H3. The fourth-order valence-corrected chi connectivity index (χ4v) is 4.15. The summed E-state index contributed by atoms with van der Waals surface area (Å²) >= 11 is 0. The molecule has 2 unspecified atom stereocenters. The lowest BCUT2D eigenvalue weighted by Crippen LogP contribution is -2.65. The Morgan fingerprint density at radius 1 is 1.33 bits per heavy atom. The van der Waals surface area contributed by atoms with Crippen molar-refractivity contribution in [1.29, 1.82) is 0 Å². The number of rotatable bonds is 5. The van der Waals surface area contributed by atoms with E-state index < -0.39 is 0 Å². The Hall–Kier alpha value is -1.09. The highest BCUT2D eigenvalue weighted by atomic mass is 16.5. The largest absolute Gasteiger partial charge is 0.488 e. The van der Waals surface area contributed by atoms with E-state index in [0.29, 0.717) is 17.6 Å². The van der Waals surface area contributed by atoms with Gasteiger partial charge in [0.05, 0.1) is 5.69 Å². The maximum absolute atomic E-state index is 6.38. The SMILES string of the molecule is CCCNC1CC(Oc2cccnc2C)C12CCCCC2. The number of nitrogens with zero attached hydrogens (tertiary/aromatic N) is 1. The molecule has 0 aromatic carbocycles. The van der Waals surface area contributed by atoms with Crippen LogP contribution in [-0.4, -0.2) is 23.7 Å². The molecule has 0 amide bonds. The van der Waals surface area contributed by atoms with Crippen LogP contribution < -0.4 is 10.1 Å². The molecular weight excluding hydrogens is 260 g/mol. The number of pyridine rings is 1. The second kappa shape index (κ2) is 6.35. The molecule has 1 aromatic rings. The van der Waals surface area contributed by atoms with Crippen LogP contribution in [0.25, 0.3) is 0 Å². The first-order valence-corrected chi connectivity index (χ1v) is 8.58. The van der Waals surface area contributed by atoms with Crippen molar-refractivity contribution < 1.29 is 4.74 Å². The maximum Gasteiger partial charge on any atom is 0.140 e. The van der Waals surface area contributed by atoms with Crippen LogP contribution in [0.3, 0.4) is 0 Å². The van der Waals surface area contributed by atoms with Gasteiger partial charge in [0, 0.05) is 24.1 Å². The first kappa shape index (κ1) is 14.8. The maximum atomic E-state index is 6.38. The van der Waals surface area contributed by atoms with E-state index in [1.165, 1.54) is 38.5 Å². The first-order chi connectivity index (χ1) is 10.3. The number of nitrogens with one attached hydrogen (secondary N) is 1. The average molecular weight is 288 g/mol. The quantitative estimate of drug-likeness (QED) is 0.893. The van der Waals surface area contributed by atoms with Gasteiger partial charge in [-0.1, -0.05) is 26.2 Å². The van der Waals surface area contributed by atoms with Crippen LogP contribution in [0.2, 0.25) is 0 Å². The van der Waals surface area contributed by atoms with Gasteiger partial charge in [-0.3, -0.25) is 4.98 Å². The van der Waals surface area contributed by atoms with Crippen molar-refractivity contribution in [3.05, 3.63) is 24.0 Å². The van der Waals surface area contributed by atoms with E-state index in [1.807, 2.05) is 19.2 Å². The third-order valence-electron chi connectivity index (χ3n) is 5.44. The highest BCUT2D eigenvalue weighted by molar-refractivity contribution is 5.27. The molecule has 3 heteroatoms. The van der Waals surface area contributed by atoms with Crippen molar-refractivity contribution in [2.75, 3.05) is 6.54 Å². The van der Waals surface area contributed by atoms with Gasteiger partial charge in [0.15, 0.2) is 0 Å². The van der Waals surface area contributed by atoms with Gasteiger partial charge in [-0.25, -0.2) is 0 Å². The number of aryl methyl sites for hydroxylation is 1. The molecule has 1 heterocycles. The molecule has 2 atom stereocenters. The Bertz CT molecular complexity index is 468. The van der Waals surface area contributed by atoms with Gasteiger partial charge in [0.1, 0.15) is 11.9 Å². The van der Waals surface area contributed by atoms with Gasteiger partial charge >= 0.3 is 0 Å². The van der Waals surface area contributed by atoms with Crippen molar-refractivity contribution in [2.24, 2.45) is 5.41 Å². The van der Waals surface area contributed by atoms with Gasteiger partial charge < -0.3 is 10.1 Å². The summed E-state index contributed by atoms with van der Waals surface area (Å²) in [6.45, 7) is 5.41. The average Bonchev–Trinajstić information content (AvgIpc) is 2.52. The molecule has 0 bridgehead atoms. The van der Waals surface area contributed by atoms with E-state index in [9.17, 15) is 0 Å². The first-order valence-electron chi connectivity index (χ1n) is 8.58. The minimum atomic E-state index is 0.370. The molecular formula is C18H28N2O. The second-order valence-electron chi connectivity index (χ2n) is 6.73. The molecule has 1 aromatic heterocycles. The predicted octanol–water partition coefficient (Wildman–Crippen LogP) is 3.86. The Kier molecular flexibility index (Phi) is 4.48. The number of hydrogen-bond acceptors (Lipinski definition) is 3. The molecule has 1 spiro atoms. The van der Waals surface area contributed by atoms with E-state index in [1.54, 1.807) is 0 Å². The van der Waals surface area contributed by atoms with Crippen LogP contribution in [0.15, 0.2) is 18.3 Å². The molecule has 2 saturated carbocycles. The van der Waals surface area contributed by atoms with Crippen LogP contribution in [0, 0.1) is 12.3 Å². The number of ether oxygens (including phenoxy) is 1. The number of aromatic nitrogens is 1. The molecule has 0 aliphatic heterocycles. The van der Waals surface area contributed by atoms with E-state index in [0.717, 1.165) is 24.4 Å². The van der Waals surface area contributed by atoms with E-state index >= 15 is 0 Å². The summed E-state index contributed by atoms with van der Waals surface area (Å²) in [4.78, 5) is 4.35. The molecule has 2 aliphatic rings.